The lowest BCUT2D eigenvalue weighted by Gasteiger charge is -2.14. The summed E-state index contributed by atoms with van der Waals surface area (Å²) in [7, 11) is 0. The van der Waals surface area contributed by atoms with Gasteiger partial charge in [-0.3, -0.25) is 4.79 Å². The lowest BCUT2D eigenvalue weighted by Crippen LogP contribution is -2.28. The van der Waals surface area contributed by atoms with Gasteiger partial charge < -0.3 is 15.6 Å². The van der Waals surface area contributed by atoms with Crippen molar-refractivity contribution in [2.45, 2.75) is 12.5 Å². The third-order valence-electron chi connectivity index (χ3n) is 3.02. The Bertz CT molecular complexity index is 751. The van der Waals surface area contributed by atoms with Gasteiger partial charge >= 0.3 is 0 Å². The van der Waals surface area contributed by atoms with Gasteiger partial charge in [-0.2, -0.15) is 0 Å². The summed E-state index contributed by atoms with van der Waals surface area (Å²) in [5, 5.41) is 9.86. The fourth-order valence-electron chi connectivity index (χ4n) is 1.88. The first-order valence-corrected chi connectivity index (χ1v) is 11.9. The average molecular weight is 887 g/mol. The fourth-order valence-corrected chi connectivity index (χ4v) is 5.93. The van der Waals surface area contributed by atoms with E-state index in [-0.39, 0.29) is 9.54 Å². The highest BCUT2D eigenvalue weighted by atomic mass is 127. The number of rotatable bonds is 5. The van der Waals surface area contributed by atoms with E-state index in [9.17, 15) is 9.90 Å². The van der Waals surface area contributed by atoms with Crippen LogP contribution >= 0.6 is 113 Å². The number of halogens is 5. The van der Waals surface area contributed by atoms with Crippen LogP contribution in [-0.2, 0) is 11.2 Å². The van der Waals surface area contributed by atoms with Gasteiger partial charge in [0.15, 0.2) is 5.75 Å². The maximum absolute atomic E-state index is 11.3. The number of aromatic hydroxyl groups is 1. The first-order valence-electron chi connectivity index (χ1n) is 6.47. The van der Waals surface area contributed by atoms with Gasteiger partial charge in [-0.1, -0.05) is 0 Å². The zero-order valence-electron chi connectivity index (χ0n) is 11.8. The van der Waals surface area contributed by atoms with Gasteiger partial charge in [0.25, 0.3) is 0 Å². The van der Waals surface area contributed by atoms with Crippen LogP contribution in [0, 0.1) is 14.3 Å². The monoisotopic (exact) mass is 887 g/mol. The van der Waals surface area contributed by atoms with Gasteiger partial charge in [0, 0.05) is 22.6 Å². The van der Waals surface area contributed by atoms with E-state index in [4.69, 9.17) is 10.5 Å². The molecule has 0 aromatic heterocycles. The third-order valence-corrected chi connectivity index (χ3v) is 7.06. The predicted molar refractivity (Wildman–Crippen MR) is 136 cm³/mol. The lowest BCUT2D eigenvalue weighted by atomic mass is 10.1. The van der Waals surface area contributed by atoms with Crippen LogP contribution < -0.4 is 10.5 Å². The van der Waals surface area contributed by atoms with Crippen molar-refractivity contribution < 1.29 is 14.6 Å². The Balaban J connectivity index is 2.30. The number of carbonyl (C=O) groups excluding carboxylic acids is 1. The Morgan fingerprint density at radius 3 is 2.00 bits per heavy atom. The summed E-state index contributed by atoms with van der Waals surface area (Å²) in [6, 6.07) is 7.05. The average Bonchev–Trinajstić information content (AvgIpc) is 2.48. The highest BCUT2D eigenvalue weighted by Crippen LogP contribution is 2.36. The van der Waals surface area contributed by atoms with Gasteiger partial charge in [0.1, 0.15) is 11.5 Å². The van der Waals surface area contributed by atoms with Crippen LogP contribution in [0.15, 0.2) is 24.3 Å². The van der Waals surface area contributed by atoms with Gasteiger partial charge in [0.2, 0.25) is 3.79 Å². The Kier molecular flexibility index (Phi) is 8.55. The van der Waals surface area contributed by atoms with E-state index < -0.39 is 6.04 Å². The number of benzene rings is 2. The molecule has 128 valence electrons. The van der Waals surface area contributed by atoms with Gasteiger partial charge in [-0.05, 0) is 127 Å². The van der Waals surface area contributed by atoms with E-state index in [0.717, 1.165) is 25.6 Å². The summed E-state index contributed by atoms with van der Waals surface area (Å²) >= 11 is 10.3. The van der Waals surface area contributed by atoms with Crippen LogP contribution in [0.25, 0.3) is 0 Å². The normalized spacial score (nSPS) is 12.1. The molecule has 0 aliphatic rings. The molecule has 0 aliphatic heterocycles. The fraction of sp³-hybridized carbons (Fsp3) is 0.133. The molecule has 2 aromatic rings. The quantitative estimate of drug-likeness (QED) is 0.311. The van der Waals surface area contributed by atoms with Crippen LogP contribution in [0.1, 0.15) is 5.56 Å². The van der Waals surface area contributed by atoms with Crippen LogP contribution in [0.2, 0.25) is 0 Å². The molecular formula is C15H10I5NO3. The SMILES string of the molecule is NC(Cc1cc(I)c(Oc2cc(I)c(O)c(I)c2)c(I)c1)C(=O)I. The number of hydrogen-bond donors (Lipinski definition) is 2. The van der Waals surface area contributed by atoms with Crippen LogP contribution in [0.4, 0.5) is 0 Å². The minimum absolute atomic E-state index is 0.0498. The molecule has 0 radical (unpaired) electrons. The molecular weight excluding hydrogens is 877 g/mol. The van der Waals surface area contributed by atoms with Crippen molar-refractivity contribution in [1.82, 2.24) is 0 Å². The molecule has 0 heterocycles. The van der Waals surface area contributed by atoms with Crippen LogP contribution in [0.3, 0.4) is 0 Å². The Hall–Kier alpha value is 1.32. The molecule has 1 unspecified atom stereocenters. The second-order valence-corrected chi connectivity index (χ2v) is 10.6. The van der Waals surface area contributed by atoms with Crippen molar-refractivity contribution in [1.29, 1.82) is 0 Å². The molecule has 0 spiro atoms. The molecule has 0 saturated carbocycles. The number of hydrogen-bond acceptors (Lipinski definition) is 4. The summed E-state index contributed by atoms with van der Waals surface area (Å²) in [4.78, 5) is 11.3. The Labute approximate surface area is 207 Å². The van der Waals surface area contributed by atoms with E-state index in [0.29, 0.717) is 12.2 Å². The minimum atomic E-state index is -0.496. The Morgan fingerprint density at radius 2 is 1.54 bits per heavy atom. The molecule has 24 heavy (non-hydrogen) atoms. The van der Waals surface area contributed by atoms with E-state index in [1.54, 1.807) is 34.7 Å². The second kappa shape index (κ2) is 9.50. The number of phenols is 1. The molecule has 0 saturated heterocycles. The molecule has 3 N–H and O–H groups in total. The summed E-state index contributed by atoms with van der Waals surface area (Å²) in [6.07, 6.45) is 0.503. The summed E-state index contributed by atoms with van der Waals surface area (Å²) in [6.45, 7) is 0. The van der Waals surface area contributed by atoms with E-state index >= 15 is 0 Å². The maximum Gasteiger partial charge on any atom is 0.209 e. The van der Waals surface area contributed by atoms with Crippen molar-refractivity contribution in [3.05, 3.63) is 44.1 Å². The Morgan fingerprint density at radius 1 is 1.04 bits per heavy atom. The topological polar surface area (TPSA) is 72.6 Å². The van der Waals surface area contributed by atoms with E-state index in [1.165, 1.54) is 0 Å². The summed E-state index contributed by atoms with van der Waals surface area (Å²) in [5.41, 5.74) is 6.84. The highest BCUT2D eigenvalue weighted by Gasteiger charge is 2.16. The molecule has 1 atom stereocenters. The summed E-state index contributed by atoms with van der Waals surface area (Å²) in [5.74, 6) is 1.69. The van der Waals surface area contributed by atoms with Gasteiger partial charge in [-0.15, -0.1) is 0 Å². The van der Waals surface area contributed by atoms with E-state index in [2.05, 4.69) is 90.4 Å². The molecule has 9 heteroatoms. The second-order valence-electron chi connectivity index (χ2n) is 4.84. The van der Waals surface area contributed by atoms with E-state index in [1.807, 2.05) is 12.1 Å². The van der Waals surface area contributed by atoms with Gasteiger partial charge in [-0.25, -0.2) is 0 Å². The summed E-state index contributed by atoms with van der Waals surface area (Å²) < 4.78 is 9.35. The van der Waals surface area contributed by atoms with Crippen molar-refractivity contribution in [2.75, 3.05) is 0 Å². The van der Waals surface area contributed by atoms with Crippen LogP contribution in [-0.4, -0.2) is 14.9 Å². The molecule has 0 bridgehead atoms. The number of carbonyl (C=O) groups is 1. The number of nitrogens with two attached hydrogens (primary N) is 1. The molecule has 4 nitrogen and oxygen atoms in total. The molecule has 0 amide bonds. The largest absolute Gasteiger partial charge is 0.506 e. The van der Waals surface area contributed by atoms with Crippen LogP contribution in [0.5, 0.6) is 17.2 Å². The van der Waals surface area contributed by atoms with Crippen molar-refractivity contribution in [3.63, 3.8) is 0 Å². The lowest BCUT2D eigenvalue weighted by molar-refractivity contribution is -0.110. The standard InChI is InChI=1S/C15H10I5NO3/c16-8-4-7(5-9(17)13(8)22)24-14-10(18)1-6(2-11(14)19)3-12(21)15(20)23/h1-2,4-5,12,22H,3,21H2. The molecule has 0 aliphatic carbocycles. The van der Waals surface area contributed by atoms with Gasteiger partial charge in [0.05, 0.1) is 20.3 Å². The number of ether oxygens (including phenoxy) is 1. The zero-order valence-corrected chi connectivity index (χ0v) is 22.6. The first-order chi connectivity index (χ1) is 11.2. The first kappa shape index (κ1) is 21.6. The highest BCUT2D eigenvalue weighted by molar-refractivity contribution is 14.1. The predicted octanol–water partition coefficient (Wildman–Crippen LogP) is 5.43. The molecule has 2 rings (SSSR count). The minimum Gasteiger partial charge on any atom is -0.506 e. The smallest absolute Gasteiger partial charge is 0.209 e. The van der Waals surface area contributed by atoms with Crippen molar-refractivity contribution in [2.24, 2.45) is 5.73 Å². The third kappa shape index (κ3) is 5.66. The molecule has 0 fully saturated rings. The van der Waals surface area contributed by atoms with Crippen molar-refractivity contribution in [3.8, 4) is 17.2 Å². The maximum atomic E-state index is 11.3. The number of phenolic OH excluding ortho intramolecular Hbond substituents is 1. The molecule has 2 aromatic carbocycles. The zero-order chi connectivity index (χ0) is 18.0. The van der Waals surface area contributed by atoms with Crippen molar-refractivity contribution >= 4 is 117 Å².